The second-order valence-corrected chi connectivity index (χ2v) is 6.63. The van der Waals surface area contributed by atoms with Crippen molar-refractivity contribution in [3.05, 3.63) is 65.4 Å². The van der Waals surface area contributed by atoms with Crippen molar-refractivity contribution >= 4 is 17.5 Å². The highest BCUT2D eigenvalue weighted by molar-refractivity contribution is 5.59. The van der Waals surface area contributed by atoms with E-state index in [0.717, 1.165) is 35.0 Å². The van der Waals surface area contributed by atoms with E-state index in [1.807, 2.05) is 24.3 Å². The highest BCUT2D eigenvalue weighted by Crippen LogP contribution is 2.27. The molecule has 0 saturated heterocycles. The summed E-state index contributed by atoms with van der Waals surface area (Å²) in [7, 11) is 3.28. The predicted octanol–water partition coefficient (Wildman–Crippen LogP) is 4.51. The zero-order chi connectivity index (χ0) is 19.9. The summed E-state index contributed by atoms with van der Waals surface area (Å²) in [4.78, 5) is 8.84. The molecule has 3 aromatic rings. The van der Waals surface area contributed by atoms with Gasteiger partial charge in [0, 0.05) is 18.4 Å². The van der Waals surface area contributed by atoms with Gasteiger partial charge in [0.15, 0.2) is 11.5 Å². The molecule has 0 saturated carbocycles. The molecule has 0 spiro atoms. The Morgan fingerprint density at radius 2 is 1.64 bits per heavy atom. The van der Waals surface area contributed by atoms with Gasteiger partial charge in [-0.1, -0.05) is 12.1 Å². The van der Waals surface area contributed by atoms with E-state index in [-0.39, 0.29) is 0 Å². The number of benzene rings is 2. The van der Waals surface area contributed by atoms with Gasteiger partial charge in [0.05, 0.1) is 14.2 Å². The molecule has 146 valence electrons. The van der Waals surface area contributed by atoms with Crippen molar-refractivity contribution in [2.24, 2.45) is 0 Å². The van der Waals surface area contributed by atoms with Crippen molar-refractivity contribution in [2.45, 2.75) is 20.3 Å². The van der Waals surface area contributed by atoms with Crippen LogP contribution in [0.5, 0.6) is 11.5 Å². The first kappa shape index (κ1) is 19.5. The number of nitrogens with zero attached hydrogens (tertiary/aromatic N) is 2. The Morgan fingerprint density at radius 1 is 0.893 bits per heavy atom. The first-order chi connectivity index (χ1) is 13.6. The van der Waals surface area contributed by atoms with Gasteiger partial charge in [-0.3, -0.25) is 0 Å². The molecular weight excluding hydrogens is 352 g/mol. The molecule has 1 aromatic heterocycles. The maximum atomic E-state index is 5.35. The van der Waals surface area contributed by atoms with Crippen LogP contribution in [0, 0.1) is 13.8 Å². The summed E-state index contributed by atoms with van der Waals surface area (Å²) in [5.41, 5.74) is 4.59. The van der Waals surface area contributed by atoms with Gasteiger partial charge in [0.25, 0.3) is 0 Å². The summed E-state index contributed by atoms with van der Waals surface area (Å²) in [5.74, 6) is 2.81. The average Bonchev–Trinajstić information content (AvgIpc) is 2.67. The van der Waals surface area contributed by atoms with Gasteiger partial charge < -0.3 is 20.1 Å². The largest absolute Gasteiger partial charge is 0.493 e. The topological polar surface area (TPSA) is 68.3 Å². The van der Waals surface area contributed by atoms with Crippen molar-refractivity contribution in [1.82, 2.24) is 9.97 Å². The maximum absolute atomic E-state index is 5.35. The Kier molecular flexibility index (Phi) is 6.32. The number of aromatic nitrogens is 2. The fourth-order valence-corrected chi connectivity index (χ4v) is 3.06. The molecule has 1 heterocycles. The van der Waals surface area contributed by atoms with E-state index in [2.05, 4.69) is 52.6 Å². The van der Waals surface area contributed by atoms with Crippen LogP contribution in [0.4, 0.5) is 17.5 Å². The summed E-state index contributed by atoms with van der Waals surface area (Å²) >= 11 is 0. The van der Waals surface area contributed by atoms with Gasteiger partial charge in [0.1, 0.15) is 5.82 Å². The van der Waals surface area contributed by atoms with Crippen molar-refractivity contribution in [3.8, 4) is 11.5 Å². The fourth-order valence-electron chi connectivity index (χ4n) is 3.06. The van der Waals surface area contributed by atoms with Crippen LogP contribution in [-0.2, 0) is 6.42 Å². The lowest BCUT2D eigenvalue weighted by atomic mass is 10.1. The van der Waals surface area contributed by atoms with Crippen LogP contribution < -0.4 is 20.1 Å². The molecule has 0 aliphatic carbocycles. The van der Waals surface area contributed by atoms with E-state index in [0.29, 0.717) is 12.5 Å². The van der Waals surface area contributed by atoms with Crippen LogP contribution >= 0.6 is 0 Å². The van der Waals surface area contributed by atoms with Crippen molar-refractivity contribution in [1.29, 1.82) is 0 Å². The second-order valence-electron chi connectivity index (χ2n) is 6.63. The SMILES string of the molecule is COc1ccc(CCNc2nccc(Nc3cc(C)cc(C)c3)n2)cc1OC. The van der Waals surface area contributed by atoms with Gasteiger partial charge in [0.2, 0.25) is 5.95 Å². The lowest BCUT2D eigenvalue weighted by Crippen LogP contribution is -2.09. The molecule has 0 atom stereocenters. The summed E-state index contributed by atoms with van der Waals surface area (Å²) in [6, 6.07) is 14.1. The lowest BCUT2D eigenvalue weighted by Gasteiger charge is -2.11. The average molecular weight is 378 g/mol. The van der Waals surface area contributed by atoms with E-state index >= 15 is 0 Å². The molecule has 0 aliphatic rings. The molecule has 28 heavy (non-hydrogen) atoms. The van der Waals surface area contributed by atoms with Gasteiger partial charge in [-0.2, -0.15) is 4.98 Å². The summed E-state index contributed by atoms with van der Waals surface area (Å²) in [6.45, 7) is 4.88. The normalized spacial score (nSPS) is 10.4. The number of aryl methyl sites for hydroxylation is 2. The van der Waals surface area contributed by atoms with Crippen molar-refractivity contribution < 1.29 is 9.47 Å². The third kappa shape index (κ3) is 5.13. The Balaban J connectivity index is 1.60. The molecule has 0 unspecified atom stereocenters. The third-order valence-corrected chi connectivity index (χ3v) is 4.29. The Labute approximate surface area is 166 Å². The molecule has 0 aliphatic heterocycles. The second kappa shape index (κ2) is 9.08. The molecule has 6 heteroatoms. The smallest absolute Gasteiger partial charge is 0.224 e. The number of ether oxygens (including phenoxy) is 2. The van der Waals surface area contributed by atoms with E-state index in [4.69, 9.17) is 9.47 Å². The highest BCUT2D eigenvalue weighted by Gasteiger charge is 2.05. The van der Waals surface area contributed by atoms with Crippen LogP contribution in [0.2, 0.25) is 0 Å². The first-order valence-electron chi connectivity index (χ1n) is 9.20. The van der Waals surface area contributed by atoms with E-state index in [1.54, 1.807) is 20.4 Å². The Bertz CT molecular complexity index is 923. The predicted molar refractivity (Wildman–Crippen MR) is 113 cm³/mol. The van der Waals surface area contributed by atoms with Gasteiger partial charge in [-0.15, -0.1) is 0 Å². The van der Waals surface area contributed by atoms with Gasteiger partial charge in [-0.25, -0.2) is 4.98 Å². The van der Waals surface area contributed by atoms with E-state index < -0.39 is 0 Å². The number of methoxy groups -OCH3 is 2. The van der Waals surface area contributed by atoms with Crippen molar-refractivity contribution in [3.63, 3.8) is 0 Å². The van der Waals surface area contributed by atoms with Crippen LogP contribution in [0.3, 0.4) is 0 Å². The molecule has 2 N–H and O–H groups in total. The molecule has 0 fully saturated rings. The summed E-state index contributed by atoms with van der Waals surface area (Å²) < 4.78 is 10.6. The van der Waals surface area contributed by atoms with E-state index in [9.17, 15) is 0 Å². The minimum absolute atomic E-state index is 0.592. The Hall–Kier alpha value is -3.28. The van der Waals surface area contributed by atoms with Gasteiger partial charge in [-0.05, 0) is 67.3 Å². The van der Waals surface area contributed by atoms with Gasteiger partial charge >= 0.3 is 0 Å². The number of rotatable bonds is 8. The summed E-state index contributed by atoms with van der Waals surface area (Å²) in [6.07, 6.45) is 2.56. The molecule has 0 amide bonds. The maximum Gasteiger partial charge on any atom is 0.224 e. The van der Waals surface area contributed by atoms with E-state index in [1.165, 1.54) is 11.1 Å². The zero-order valence-corrected chi connectivity index (χ0v) is 16.7. The van der Waals surface area contributed by atoms with Crippen LogP contribution in [-0.4, -0.2) is 30.7 Å². The summed E-state index contributed by atoms with van der Waals surface area (Å²) in [5, 5.41) is 6.61. The Morgan fingerprint density at radius 3 is 2.36 bits per heavy atom. The first-order valence-corrected chi connectivity index (χ1v) is 9.20. The standard InChI is InChI=1S/C22H26N4O2/c1-15-11-16(2)13-18(12-15)25-21-8-10-24-22(26-21)23-9-7-17-5-6-19(27-3)20(14-17)28-4/h5-6,8,10-14H,7,9H2,1-4H3,(H2,23,24,25,26). The number of anilines is 3. The molecule has 0 radical (unpaired) electrons. The number of nitrogens with one attached hydrogen (secondary N) is 2. The molecule has 2 aromatic carbocycles. The molecular formula is C22H26N4O2. The van der Waals surface area contributed by atoms with Crippen LogP contribution in [0.25, 0.3) is 0 Å². The number of hydrogen-bond acceptors (Lipinski definition) is 6. The van der Waals surface area contributed by atoms with Crippen LogP contribution in [0.15, 0.2) is 48.7 Å². The number of hydrogen-bond donors (Lipinski definition) is 2. The fraction of sp³-hybridized carbons (Fsp3) is 0.273. The minimum Gasteiger partial charge on any atom is -0.493 e. The minimum atomic E-state index is 0.592. The molecule has 0 bridgehead atoms. The highest BCUT2D eigenvalue weighted by atomic mass is 16.5. The quantitative estimate of drug-likeness (QED) is 0.601. The zero-order valence-electron chi connectivity index (χ0n) is 16.7. The van der Waals surface area contributed by atoms with Crippen LogP contribution in [0.1, 0.15) is 16.7 Å². The monoisotopic (exact) mass is 378 g/mol. The van der Waals surface area contributed by atoms with Crippen molar-refractivity contribution in [2.75, 3.05) is 31.4 Å². The molecule has 3 rings (SSSR count). The lowest BCUT2D eigenvalue weighted by molar-refractivity contribution is 0.354. The third-order valence-electron chi connectivity index (χ3n) is 4.29. The molecule has 6 nitrogen and oxygen atoms in total.